The molecule has 1 aromatic heterocycles. The molecule has 0 aliphatic heterocycles. The van der Waals surface area contributed by atoms with Crippen molar-refractivity contribution in [2.24, 2.45) is 5.92 Å². The van der Waals surface area contributed by atoms with E-state index in [4.69, 9.17) is 4.74 Å². The standard InChI is InChI=1S/C32H41N7O10/c1-4-5-13-28(40)36(30(23(2)3)32(42)47-19-8-9-20-48-38(43)44)22-24-15-17-25(18-16-24)26-11-6-7-12-27(26)31-33-34-35-37(31)29(41)14-10-21-49-39(45)46/h6-7,11-12,15-18,23,30H,4-5,8-10,13-14,19-22H2,1-3H3/t30-/m1/s1. The number of esters is 1. The highest BCUT2D eigenvalue weighted by molar-refractivity contribution is 5.87. The lowest BCUT2D eigenvalue weighted by Crippen LogP contribution is -2.48. The number of benzene rings is 2. The van der Waals surface area contributed by atoms with Crippen molar-refractivity contribution in [3.05, 3.63) is 74.3 Å². The van der Waals surface area contributed by atoms with Crippen molar-refractivity contribution in [2.45, 2.75) is 78.3 Å². The van der Waals surface area contributed by atoms with Gasteiger partial charge in [0, 0.05) is 24.9 Å². The summed E-state index contributed by atoms with van der Waals surface area (Å²) in [4.78, 5) is 70.4. The van der Waals surface area contributed by atoms with Crippen molar-refractivity contribution in [3.63, 3.8) is 0 Å². The van der Waals surface area contributed by atoms with Gasteiger partial charge in [0.15, 0.2) is 5.82 Å². The molecule has 17 nitrogen and oxygen atoms in total. The Balaban J connectivity index is 1.80. The van der Waals surface area contributed by atoms with Gasteiger partial charge in [0.1, 0.15) is 6.04 Å². The number of carbonyl (C=O) groups excluding carboxylic acids is 3. The van der Waals surface area contributed by atoms with Crippen molar-refractivity contribution in [2.75, 3.05) is 19.8 Å². The third kappa shape index (κ3) is 11.6. The maximum atomic E-state index is 13.5. The molecular formula is C32H41N7O10. The molecule has 264 valence electrons. The summed E-state index contributed by atoms with van der Waals surface area (Å²) in [5.41, 5.74) is 2.88. The number of nitrogens with zero attached hydrogens (tertiary/aromatic N) is 7. The molecule has 49 heavy (non-hydrogen) atoms. The van der Waals surface area contributed by atoms with E-state index in [9.17, 15) is 34.6 Å². The van der Waals surface area contributed by atoms with Crippen LogP contribution in [0.4, 0.5) is 0 Å². The molecule has 3 rings (SSSR count). The predicted molar refractivity (Wildman–Crippen MR) is 173 cm³/mol. The van der Waals surface area contributed by atoms with Gasteiger partial charge in [0.25, 0.3) is 10.2 Å². The zero-order valence-electron chi connectivity index (χ0n) is 27.8. The Bertz CT molecular complexity index is 1560. The fourth-order valence-electron chi connectivity index (χ4n) is 5.08. The smallest absolute Gasteiger partial charge is 0.329 e. The van der Waals surface area contributed by atoms with E-state index in [1.165, 1.54) is 0 Å². The minimum Gasteiger partial charge on any atom is -0.464 e. The zero-order valence-corrected chi connectivity index (χ0v) is 27.8. The zero-order chi connectivity index (χ0) is 35.8. The molecule has 0 aliphatic rings. The Morgan fingerprint density at radius 2 is 1.49 bits per heavy atom. The number of amides is 1. The molecule has 0 saturated heterocycles. The topological polar surface area (TPSA) is 212 Å². The van der Waals surface area contributed by atoms with E-state index in [1.807, 2.05) is 57.2 Å². The van der Waals surface area contributed by atoms with Crippen LogP contribution < -0.4 is 0 Å². The van der Waals surface area contributed by atoms with Gasteiger partial charge in [-0.25, -0.2) is 4.79 Å². The molecular weight excluding hydrogens is 642 g/mol. The van der Waals surface area contributed by atoms with Crippen LogP contribution in [0.2, 0.25) is 0 Å². The number of hydrogen-bond acceptors (Lipinski definition) is 13. The number of carbonyl (C=O) groups is 3. The third-order valence-corrected chi connectivity index (χ3v) is 7.48. The Morgan fingerprint density at radius 3 is 2.12 bits per heavy atom. The minimum absolute atomic E-state index is 0.0408. The molecule has 0 bridgehead atoms. The summed E-state index contributed by atoms with van der Waals surface area (Å²) < 4.78 is 6.56. The van der Waals surface area contributed by atoms with Crippen molar-refractivity contribution < 1.29 is 39.0 Å². The number of aromatic nitrogens is 4. The first-order chi connectivity index (χ1) is 23.5. The lowest BCUT2D eigenvalue weighted by molar-refractivity contribution is -0.757. The van der Waals surface area contributed by atoms with Crippen LogP contribution in [0.5, 0.6) is 0 Å². The fourth-order valence-corrected chi connectivity index (χ4v) is 5.08. The molecule has 1 heterocycles. The SMILES string of the molecule is CCCCC(=O)N(Cc1ccc(-c2ccccc2-c2nnnn2C(=O)CCCO[N+](=O)[O-])cc1)[C@@H](C(=O)OCCCCO[N+](=O)[O-])C(C)C. The molecule has 1 amide bonds. The Labute approximate surface area is 282 Å². The quantitative estimate of drug-likeness (QED) is 0.0490. The van der Waals surface area contributed by atoms with Crippen LogP contribution in [0.3, 0.4) is 0 Å². The molecule has 3 aromatic rings. The van der Waals surface area contributed by atoms with Gasteiger partial charge < -0.3 is 19.3 Å². The minimum atomic E-state index is -0.918. The fraction of sp³-hybridized carbons (Fsp3) is 0.500. The van der Waals surface area contributed by atoms with Crippen molar-refractivity contribution in [1.82, 2.24) is 25.1 Å². The second kappa shape index (κ2) is 19.4. The van der Waals surface area contributed by atoms with Gasteiger partial charge in [-0.15, -0.1) is 25.3 Å². The Morgan fingerprint density at radius 1 is 0.857 bits per heavy atom. The molecule has 2 aromatic carbocycles. The summed E-state index contributed by atoms with van der Waals surface area (Å²) in [6.45, 7) is 5.53. The summed E-state index contributed by atoms with van der Waals surface area (Å²) in [6, 6.07) is 13.8. The van der Waals surface area contributed by atoms with Gasteiger partial charge in [0.05, 0.1) is 19.8 Å². The summed E-state index contributed by atoms with van der Waals surface area (Å²) >= 11 is 0. The van der Waals surface area contributed by atoms with Gasteiger partial charge in [-0.05, 0) is 58.7 Å². The molecule has 1 atom stereocenters. The highest BCUT2D eigenvalue weighted by Crippen LogP contribution is 2.31. The second-order valence-corrected chi connectivity index (χ2v) is 11.5. The third-order valence-electron chi connectivity index (χ3n) is 7.48. The number of tetrazole rings is 1. The van der Waals surface area contributed by atoms with E-state index in [2.05, 4.69) is 25.2 Å². The normalized spacial score (nSPS) is 11.5. The number of unbranched alkanes of at least 4 members (excludes halogenated alkanes) is 2. The Kier molecular flexibility index (Phi) is 15.0. The molecule has 0 radical (unpaired) electrons. The van der Waals surface area contributed by atoms with Crippen LogP contribution in [0.1, 0.15) is 76.1 Å². The summed E-state index contributed by atoms with van der Waals surface area (Å²) in [6.07, 6.45) is 2.49. The molecule has 0 aliphatic carbocycles. The summed E-state index contributed by atoms with van der Waals surface area (Å²) in [5.74, 6) is -1.22. The van der Waals surface area contributed by atoms with E-state index >= 15 is 0 Å². The van der Waals surface area contributed by atoms with Gasteiger partial charge >= 0.3 is 5.97 Å². The summed E-state index contributed by atoms with van der Waals surface area (Å²) in [5, 5.41) is 30.5. The number of hydrogen-bond donors (Lipinski definition) is 0. The van der Waals surface area contributed by atoms with Gasteiger partial charge in [-0.2, -0.15) is 4.68 Å². The van der Waals surface area contributed by atoms with Crippen molar-refractivity contribution >= 4 is 17.8 Å². The van der Waals surface area contributed by atoms with Crippen LogP contribution in [-0.2, 0) is 30.5 Å². The van der Waals surface area contributed by atoms with Gasteiger partial charge in [-0.1, -0.05) is 75.7 Å². The van der Waals surface area contributed by atoms with Crippen molar-refractivity contribution in [3.8, 4) is 22.5 Å². The number of ether oxygens (including phenoxy) is 1. The van der Waals surface area contributed by atoms with Crippen molar-refractivity contribution in [1.29, 1.82) is 0 Å². The largest absolute Gasteiger partial charge is 0.464 e. The van der Waals surface area contributed by atoms with Crippen LogP contribution in [-0.4, -0.2) is 78.9 Å². The van der Waals surface area contributed by atoms with Gasteiger partial charge in [0.2, 0.25) is 11.8 Å². The maximum Gasteiger partial charge on any atom is 0.329 e. The molecule has 0 unspecified atom stereocenters. The van der Waals surface area contributed by atoms with E-state index in [0.717, 1.165) is 27.8 Å². The highest BCUT2D eigenvalue weighted by Gasteiger charge is 2.33. The first-order valence-corrected chi connectivity index (χ1v) is 16.0. The molecule has 0 fully saturated rings. The van der Waals surface area contributed by atoms with E-state index in [-0.39, 0.29) is 63.3 Å². The van der Waals surface area contributed by atoms with Crippen LogP contribution in [0.25, 0.3) is 22.5 Å². The van der Waals surface area contributed by atoms with E-state index < -0.39 is 28.1 Å². The molecule has 0 N–H and O–H groups in total. The second-order valence-electron chi connectivity index (χ2n) is 11.5. The van der Waals surface area contributed by atoms with Crippen LogP contribution in [0, 0.1) is 26.1 Å². The molecule has 0 spiro atoms. The first kappa shape index (κ1) is 38.0. The van der Waals surface area contributed by atoms with Gasteiger partial charge in [-0.3, -0.25) is 9.59 Å². The first-order valence-electron chi connectivity index (χ1n) is 16.0. The van der Waals surface area contributed by atoms with E-state index in [1.54, 1.807) is 17.0 Å². The molecule has 0 saturated carbocycles. The Hall–Kier alpha value is -5.48. The lowest BCUT2D eigenvalue weighted by atomic mass is 9.97. The molecule has 17 heteroatoms. The maximum absolute atomic E-state index is 13.5. The average molecular weight is 684 g/mol. The number of rotatable bonds is 21. The average Bonchev–Trinajstić information content (AvgIpc) is 3.57. The highest BCUT2D eigenvalue weighted by atomic mass is 17.0. The summed E-state index contributed by atoms with van der Waals surface area (Å²) in [7, 11) is 0. The monoisotopic (exact) mass is 683 g/mol. The van der Waals surface area contributed by atoms with Crippen LogP contribution in [0.15, 0.2) is 48.5 Å². The van der Waals surface area contributed by atoms with Crippen LogP contribution >= 0.6 is 0 Å². The predicted octanol–water partition coefficient (Wildman–Crippen LogP) is 4.71. The van der Waals surface area contributed by atoms with E-state index in [0.29, 0.717) is 24.8 Å². The lowest BCUT2D eigenvalue weighted by Gasteiger charge is -2.33.